The summed E-state index contributed by atoms with van der Waals surface area (Å²) in [5.74, 6) is 0.431. The van der Waals surface area contributed by atoms with Crippen LogP contribution in [-0.4, -0.2) is 39.4 Å². The number of hydrogen-bond acceptors (Lipinski definition) is 6. The zero-order valence-corrected chi connectivity index (χ0v) is 17.2. The number of carbonyl (C=O) groups is 1. The highest BCUT2D eigenvalue weighted by atomic mass is 16.2. The lowest BCUT2D eigenvalue weighted by Gasteiger charge is -2.09. The van der Waals surface area contributed by atoms with Crippen molar-refractivity contribution in [2.75, 3.05) is 5.32 Å². The number of nitrogens with one attached hydrogen (secondary N) is 1. The van der Waals surface area contributed by atoms with Crippen LogP contribution in [-0.2, 0) is 32.0 Å². The monoisotopic (exact) mass is 422 g/mol. The van der Waals surface area contributed by atoms with Crippen LogP contribution in [0.2, 0.25) is 0 Å². The molecule has 0 aliphatic rings. The van der Waals surface area contributed by atoms with Crippen LogP contribution >= 0.6 is 0 Å². The zero-order valence-electron chi connectivity index (χ0n) is 17.2. The molecule has 0 saturated heterocycles. The normalized spacial score (nSPS) is 11.2. The molecule has 0 aliphatic carbocycles. The third kappa shape index (κ3) is 4.02. The molecule has 11 heteroatoms. The van der Waals surface area contributed by atoms with Crippen molar-refractivity contribution < 1.29 is 4.79 Å². The molecule has 0 atom stereocenters. The Kier molecular flexibility index (Phi) is 5.48. The van der Waals surface area contributed by atoms with Gasteiger partial charge in [0.2, 0.25) is 5.91 Å². The van der Waals surface area contributed by atoms with Gasteiger partial charge in [-0.15, -0.1) is 0 Å². The lowest BCUT2D eigenvalue weighted by atomic mass is 10.3. The number of imidazole rings is 1. The van der Waals surface area contributed by atoms with Gasteiger partial charge in [0.1, 0.15) is 5.82 Å². The van der Waals surface area contributed by atoms with Gasteiger partial charge < -0.3 is 9.88 Å². The minimum absolute atomic E-state index is 0.160. The first kappa shape index (κ1) is 20.3. The average Bonchev–Trinajstić information content (AvgIpc) is 3.38. The predicted molar refractivity (Wildman–Crippen MR) is 114 cm³/mol. The van der Waals surface area contributed by atoms with E-state index in [2.05, 4.69) is 20.4 Å². The summed E-state index contributed by atoms with van der Waals surface area (Å²) in [5, 5.41) is 7.10. The molecule has 0 saturated carbocycles. The number of fused-ring (bicyclic) bond motifs is 1. The van der Waals surface area contributed by atoms with Gasteiger partial charge >= 0.3 is 5.69 Å². The van der Waals surface area contributed by atoms with Crippen molar-refractivity contribution in [1.82, 2.24) is 33.4 Å². The largest absolute Gasteiger partial charge is 0.332 e. The Morgan fingerprint density at radius 2 is 1.90 bits per heavy atom. The Morgan fingerprint density at radius 3 is 2.68 bits per heavy atom. The van der Waals surface area contributed by atoms with Gasteiger partial charge in [0.25, 0.3) is 5.56 Å². The Labute approximate surface area is 176 Å². The average molecular weight is 422 g/mol. The number of carbonyl (C=O) groups excluding carboxylic acids is 1. The smallest absolute Gasteiger partial charge is 0.325 e. The van der Waals surface area contributed by atoms with Crippen molar-refractivity contribution in [1.29, 1.82) is 0 Å². The van der Waals surface area contributed by atoms with Crippen LogP contribution in [0.3, 0.4) is 0 Å². The van der Waals surface area contributed by atoms with Crippen LogP contribution < -0.4 is 16.6 Å². The van der Waals surface area contributed by atoms with Gasteiger partial charge in [0.15, 0.2) is 11.2 Å². The molecule has 11 nitrogen and oxygen atoms in total. The molecule has 1 amide bonds. The van der Waals surface area contributed by atoms with Crippen molar-refractivity contribution in [2.24, 2.45) is 14.1 Å². The maximum atomic E-state index is 12.5. The summed E-state index contributed by atoms with van der Waals surface area (Å²) in [6.45, 7) is 0.872. The van der Waals surface area contributed by atoms with Crippen molar-refractivity contribution in [3.8, 4) is 0 Å². The molecule has 0 spiro atoms. The van der Waals surface area contributed by atoms with E-state index in [0.717, 1.165) is 10.3 Å². The number of nitrogens with zero attached hydrogens (tertiary/aromatic N) is 7. The summed E-state index contributed by atoms with van der Waals surface area (Å²) in [4.78, 5) is 45.4. The molecule has 4 aromatic rings. The number of aromatic nitrogens is 7. The Hall–Kier alpha value is -4.02. The molecular weight excluding hydrogens is 400 g/mol. The summed E-state index contributed by atoms with van der Waals surface area (Å²) >= 11 is 0. The molecular formula is C20H22N8O3. The second kappa shape index (κ2) is 8.38. The summed E-state index contributed by atoms with van der Waals surface area (Å²) in [5.41, 5.74) is 0.682. The van der Waals surface area contributed by atoms with E-state index in [1.165, 1.54) is 17.9 Å². The predicted octanol–water partition coefficient (Wildman–Crippen LogP) is 0.492. The summed E-state index contributed by atoms with van der Waals surface area (Å²) in [7, 11) is 3.01. The van der Waals surface area contributed by atoms with Gasteiger partial charge in [0.05, 0.1) is 24.8 Å². The highest BCUT2D eigenvalue weighted by molar-refractivity contribution is 5.89. The molecule has 160 valence electrons. The van der Waals surface area contributed by atoms with E-state index in [-0.39, 0.29) is 12.3 Å². The summed E-state index contributed by atoms with van der Waals surface area (Å²) < 4.78 is 5.74. The van der Waals surface area contributed by atoms with E-state index in [4.69, 9.17) is 0 Å². The van der Waals surface area contributed by atoms with E-state index in [0.29, 0.717) is 36.5 Å². The van der Waals surface area contributed by atoms with Crippen LogP contribution in [0.15, 0.2) is 52.6 Å². The zero-order chi connectivity index (χ0) is 22.0. The van der Waals surface area contributed by atoms with E-state index >= 15 is 0 Å². The fourth-order valence-electron chi connectivity index (χ4n) is 3.39. The van der Waals surface area contributed by atoms with Crippen LogP contribution in [0.5, 0.6) is 0 Å². The molecule has 0 unspecified atom stereocenters. The Bertz CT molecular complexity index is 1350. The molecule has 1 N–H and O–H groups in total. The quantitative estimate of drug-likeness (QED) is 0.463. The van der Waals surface area contributed by atoms with E-state index in [1.54, 1.807) is 34.8 Å². The van der Waals surface area contributed by atoms with Crippen LogP contribution in [0.25, 0.3) is 11.2 Å². The number of aryl methyl sites for hydroxylation is 2. The Morgan fingerprint density at radius 1 is 1.06 bits per heavy atom. The second-order valence-corrected chi connectivity index (χ2v) is 7.16. The van der Waals surface area contributed by atoms with Crippen LogP contribution in [0.1, 0.15) is 18.5 Å². The van der Waals surface area contributed by atoms with Gasteiger partial charge in [-0.05, 0) is 18.6 Å². The third-order valence-electron chi connectivity index (χ3n) is 5.04. The van der Waals surface area contributed by atoms with Crippen molar-refractivity contribution in [2.45, 2.75) is 25.9 Å². The molecule has 0 bridgehead atoms. The number of anilines is 1. The highest BCUT2D eigenvalue weighted by Gasteiger charge is 2.14. The van der Waals surface area contributed by atoms with E-state index in [9.17, 15) is 14.4 Å². The van der Waals surface area contributed by atoms with Crippen LogP contribution in [0.4, 0.5) is 5.82 Å². The molecule has 4 heterocycles. The van der Waals surface area contributed by atoms with Gasteiger partial charge in [-0.1, -0.05) is 6.07 Å². The standard InChI is InChI=1S/C20H22N8O3/c1-25-18-17(19(30)26(2)20(25)31)27(13-22-18)11-5-7-16(29)24-15-8-10-23-28(15)12-14-6-3-4-9-21-14/h3-4,6,8-10,13H,5,7,11-12H2,1-2H3,(H,24,29). The fourth-order valence-corrected chi connectivity index (χ4v) is 3.39. The molecule has 0 fully saturated rings. The Balaban J connectivity index is 1.40. The van der Waals surface area contributed by atoms with Crippen molar-refractivity contribution in [3.05, 3.63) is 69.5 Å². The fraction of sp³-hybridized carbons (Fsp3) is 0.300. The van der Waals surface area contributed by atoms with Crippen molar-refractivity contribution >= 4 is 22.9 Å². The second-order valence-electron chi connectivity index (χ2n) is 7.16. The summed E-state index contributed by atoms with van der Waals surface area (Å²) in [6, 6.07) is 7.36. The number of pyridine rings is 1. The lowest BCUT2D eigenvalue weighted by Crippen LogP contribution is -2.37. The van der Waals surface area contributed by atoms with Gasteiger partial charge in [-0.3, -0.25) is 23.7 Å². The van der Waals surface area contributed by atoms with Crippen LogP contribution in [0, 0.1) is 0 Å². The van der Waals surface area contributed by atoms with E-state index in [1.807, 2.05) is 18.2 Å². The minimum Gasteiger partial charge on any atom is -0.325 e. The molecule has 0 aliphatic heterocycles. The molecule has 0 aromatic carbocycles. The SMILES string of the molecule is Cn1c(=O)c2c(ncn2CCCC(=O)Nc2ccnn2Cc2ccccn2)n(C)c1=O. The van der Waals surface area contributed by atoms with Crippen molar-refractivity contribution in [3.63, 3.8) is 0 Å². The van der Waals surface area contributed by atoms with Gasteiger partial charge in [-0.2, -0.15) is 5.10 Å². The maximum Gasteiger partial charge on any atom is 0.332 e. The topological polar surface area (TPSA) is 122 Å². The molecule has 4 rings (SSSR count). The first-order valence-electron chi connectivity index (χ1n) is 9.78. The maximum absolute atomic E-state index is 12.5. The van der Waals surface area contributed by atoms with Gasteiger partial charge in [0, 0.05) is 39.3 Å². The first-order valence-corrected chi connectivity index (χ1v) is 9.78. The summed E-state index contributed by atoms with van der Waals surface area (Å²) in [6.07, 6.45) is 5.60. The number of rotatable bonds is 7. The number of amides is 1. The number of hydrogen-bond donors (Lipinski definition) is 1. The molecule has 0 radical (unpaired) electrons. The first-order chi connectivity index (χ1) is 15.0. The lowest BCUT2D eigenvalue weighted by molar-refractivity contribution is -0.116. The van der Waals surface area contributed by atoms with E-state index < -0.39 is 11.2 Å². The van der Waals surface area contributed by atoms with Gasteiger partial charge in [-0.25, -0.2) is 14.5 Å². The minimum atomic E-state index is -0.426. The molecule has 4 aromatic heterocycles. The third-order valence-corrected chi connectivity index (χ3v) is 5.04. The molecule has 31 heavy (non-hydrogen) atoms. The highest BCUT2D eigenvalue weighted by Crippen LogP contribution is 2.11.